The summed E-state index contributed by atoms with van der Waals surface area (Å²) < 4.78 is 30.9. The molecule has 3 atom stereocenters. The molecule has 1 aromatic rings. The predicted octanol–water partition coefficient (Wildman–Crippen LogP) is -0.432. The first-order valence-electron chi connectivity index (χ1n) is 8.00. The summed E-state index contributed by atoms with van der Waals surface area (Å²) in [4.78, 5) is 13.6. The van der Waals surface area contributed by atoms with Gasteiger partial charge in [0.05, 0.1) is 4.90 Å². The molecule has 0 aromatic heterocycles. The molecule has 24 heavy (non-hydrogen) atoms. The van der Waals surface area contributed by atoms with Crippen molar-refractivity contribution in [3.8, 4) is 0 Å². The number of ether oxygens (including phenoxy) is 1. The monoisotopic (exact) mass is 356 g/mol. The molecule has 1 aliphatic heterocycles. The Morgan fingerprint density at radius 3 is 2.25 bits per heavy atom. The van der Waals surface area contributed by atoms with E-state index in [2.05, 4.69) is 5.32 Å². The number of carbonyl (C=O) groups is 1. The Balaban J connectivity index is 1.95. The van der Waals surface area contributed by atoms with Gasteiger partial charge in [-0.15, -0.1) is 0 Å². The van der Waals surface area contributed by atoms with Crippen LogP contribution in [-0.4, -0.2) is 64.6 Å². The zero-order chi connectivity index (χ0) is 17.9. The fourth-order valence-electron chi connectivity index (χ4n) is 2.89. The van der Waals surface area contributed by atoms with Gasteiger partial charge in [0.2, 0.25) is 10.0 Å². The Morgan fingerprint density at radius 2 is 1.75 bits per heavy atom. The highest BCUT2D eigenvalue weighted by Crippen LogP contribution is 2.16. The lowest BCUT2D eigenvalue weighted by atomic mass is 10.2. The quantitative estimate of drug-likeness (QED) is 0.750. The highest BCUT2D eigenvalue weighted by atomic mass is 32.2. The zero-order valence-electron chi connectivity index (χ0n) is 14.6. The number of sulfonamides is 1. The fourth-order valence-corrected chi connectivity index (χ4v) is 3.79. The van der Waals surface area contributed by atoms with E-state index in [1.165, 1.54) is 31.1 Å². The van der Waals surface area contributed by atoms with Crippen LogP contribution in [0.15, 0.2) is 29.2 Å². The molecular formula is C16H26N3O4S+. The van der Waals surface area contributed by atoms with Crippen LogP contribution in [0.5, 0.6) is 0 Å². The first-order valence-corrected chi connectivity index (χ1v) is 9.44. The molecule has 1 fully saturated rings. The number of amides is 1. The summed E-state index contributed by atoms with van der Waals surface area (Å²) in [5.74, 6) is -0.0884. The number of rotatable bonds is 5. The number of anilines is 1. The molecule has 1 aliphatic rings. The molecular weight excluding hydrogens is 330 g/mol. The lowest BCUT2D eigenvalue weighted by Crippen LogP contribution is -3.16. The Bertz CT molecular complexity index is 663. The van der Waals surface area contributed by atoms with Gasteiger partial charge in [0.15, 0.2) is 6.54 Å². The first kappa shape index (κ1) is 18.9. The summed E-state index contributed by atoms with van der Waals surface area (Å²) in [6.07, 6.45) is 0.291. The van der Waals surface area contributed by atoms with Crippen LogP contribution < -0.4 is 10.2 Å². The lowest BCUT2D eigenvalue weighted by Gasteiger charge is -2.31. The van der Waals surface area contributed by atoms with Gasteiger partial charge < -0.3 is 15.0 Å². The number of hydrogen-bond acceptors (Lipinski definition) is 4. The molecule has 0 aliphatic carbocycles. The number of quaternary nitrogens is 1. The highest BCUT2D eigenvalue weighted by molar-refractivity contribution is 7.89. The van der Waals surface area contributed by atoms with Crippen LogP contribution in [0.25, 0.3) is 0 Å². The summed E-state index contributed by atoms with van der Waals surface area (Å²) in [5.41, 5.74) is 0.589. The maximum absolute atomic E-state index is 12.2. The van der Waals surface area contributed by atoms with Gasteiger partial charge in [-0.1, -0.05) is 0 Å². The van der Waals surface area contributed by atoms with E-state index in [0.717, 1.165) is 17.4 Å². The number of carbonyl (C=O) groups excluding carboxylic acids is 1. The Labute approximate surface area is 143 Å². The van der Waals surface area contributed by atoms with E-state index < -0.39 is 10.0 Å². The van der Waals surface area contributed by atoms with Crippen molar-refractivity contribution >= 4 is 21.6 Å². The SMILES string of the molecule is C[C@@H]1C[NH+](CC(=O)Nc2ccc(S(=O)(=O)N(C)C)cc2)C[C@H](C)O1. The van der Waals surface area contributed by atoms with E-state index >= 15 is 0 Å². The number of nitrogens with zero attached hydrogens (tertiary/aromatic N) is 1. The molecule has 8 heteroatoms. The van der Waals surface area contributed by atoms with Crippen LogP contribution in [0.4, 0.5) is 5.69 Å². The highest BCUT2D eigenvalue weighted by Gasteiger charge is 2.27. The molecule has 134 valence electrons. The van der Waals surface area contributed by atoms with Crippen LogP contribution in [-0.2, 0) is 19.6 Å². The maximum atomic E-state index is 12.2. The third-order valence-corrected chi connectivity index (χ3v) is 5.77. The molecule has 0 saturated carbocycles. The van der Waals surface area contributed by atoms with Crippen molar-refractivity contribution in [2.75, 3.05) is 39.0 Å². The topological polar surface area (TPSA) is 80.2 Å². The van der Waals surface area contributed by atoms with Gasteiger partial charge in [-0.2, -0.15) is 0 Å². The molecule has 1 unspecified atom stereocenters. The third-order valence-electron chi connectivity index (χ3n) is 3.94. The van der Waals surface area contributed by atoms with Crippen LogP contribution >= 0.6 is 0 Å². The average molecular weight is 356 g/mol. The van der Waals surface area contributed by atoms with Gasteiger partial charge in [-0.3, -0.25) is 4.79 Å². The molecule has 1 aromatic carbocycles. The Morgan fingerprint density at radius 1 is 1.21 bits per heavy atom. The van der Waals surface area contributed by atoms with E-state index in [4.69, 9.17) is 4.74 Å². The van der Waals surface area contributed by atoms with E-state index in [1.807, 2.05) is 13.8 Å². The standard InChI is InChI=1S/C16H25N3O4S/c1-12-9-19(10-13(2)23-12)11-16(20)17-14-5-7-15(8-6-14)24(21,22)18(3)4/h5-8,12-13H,9-11H2,1-4H3,(H,17,20)/p+1/t12-,13+. The van der Waals surface area contributed by atoms with Gasteiger partial charge >= 0.3 is 0 Å². The van der Waals surface area contributed by atoms with Crippen molar-refractivity contribution in [2.45, 2.75) is 31.0 Å². The minimum Gasteiger partial charge on any atom is -0.364 e. The van der Waals surface area contributed by atoms with Crippen molar-refractivity contribution in [2.24, 2.45) is 0 Å². The molecule has 1 amide bonds. The Hall–Kier alpha value is -1.48. The smallest absolute Gasteiger partial charge is 0.279 e. The van der Waals surface area contributed by atoms with Crippen LogP contribution in [0.1, 0.15) is 13.8 Å². The van der Waals surface area contributed by atoms with Crippen molar-refractivity contribution < 1.29 is 22.8 Å². The van der Waals surface area contributed by atoms with E-state index in [0.29, 0.717) is 12.2 Å². The van der Waals surface area contributed by atoms with Crippen LogP contribution in [0, 0.1) is 0 Å². The molecule has 7 nitrogen and oxygen atoms in total. The summed E-state index contributed by atoms with van der Waals surface area (Å²) in [5, 5.41) is 2.82. The van der Waals surface area contributed by atoms with Gasteiger partial charge in [-0.05, 0) is 38.1 Å². The minimum absolute atomic E-state index is 0.0884. The summed E-state index contributed by atoms with van der Waals surface area (Å²) >= 11 is 0. The van der Waals surface area contributed by atoms with Crippen LogP contribution in [0.3, 0.4) is 0 Å². The summed E-state index contributed by atoms with van der Waals surface area (Å²) in [6, 6.07) is 6.20. The molecule has 2 rings (SSSR count). The number of benzene rings is 1. The lowest BCUT2D eigenvalue weighted by molar-refractivity contribution is -0.907. The van der Waals surface area contributed by atoms with Crippen molar-refractivity contribution in [1.82, 2.24) is 4.31 Å². The average Bonchev–Trinajstić information content (AvgIpc) is 2.46. The van der Waals surface area contributed by atoms with E-state index in [-0.39, 0.29) is 23.0 Å². The van der Waals surface area contributed by atoms with Crippen molar-refractivity contribution in [1.29, 1.82) is 0 Å². The predicted molar refractivity (Wildman–Crippen MR) is 91.5 cm³/mol. The van der Waals surface area contributed by atoms with E-state index in [1.54, 1.807) is 12.1 Å². The van der Waals surface area contributed by atoms with Crippen LogP contribution in [0.2, 0.25) is 0 Å². The molecule has 2 N–H and O–H groups in total. The Kier molecular flexibility index (Phi) is 5.97. The van der Waals surface area contributed by atoms with Gasteiger partial charge in [0.25, 0.3) is 5.91 Å². The maximum Gasteiger partial charge on any atom is 0.279 e. The molecule has 1 heterocycles. The zero-order valence-corrected chi connectivity index (χ0v) is 15.4. The second-order valence-corrected chi connectivity index (χ2v) is 8.60. The van der Waals surface area contributed by atoms with Gasteiger partial charge in [0, 0.05) is 19.8 Å². The fraction of sp³-hybridized carbons (Fsp3) is 0.562. The first-order chi connectivity index (χ1) is 11.2. The van der Waals surface area contributed by atoms with Gasteiger partial charge in [-0.25, -0.2) is 12.7 Å². The second-order valence-electron chi connectivity index (χ2n) is 6.45. The molecule has 0 radical (unpaired) electrons. The molecule has 0 spiro atoms. The second kappa shape index (κ2) is 7.60. The van der Waals surface area contributed by atoms with E-state index in [9.17, 15) is 13.2 Å². The normalized spacial score (nSPS) is 24.8. The number of hydrogen-bond donors (Lipinski definition) is 2. The third kappa shape index (κ3) is 4.76. The van der Waals surface area contributed by atoms with Crippen molar-refractivity contribution in [3.05, 3.63) is 24.3 Å². The largest absolute Gasteiger partial charge is 0.364 e. The summed E-state index contributed by atoms with van der Waals surface area (Å²) in [6.45, 7) is 6.00. The molecule has 0 bridgehead atoms. The number of morpholine rings is 1. The molecule has 1 saturated heterocycles. The minimum atomic E-state index is -3.45. The summed E-state index contributed by atoms with van der Waals surface area (Å²) in [7, 11) is -0.486. The number of nitrogens with one attached hydrogen (secondary N) is 2. The van der Waals surface area contributed by atoms with Gasteiger partial charge in [0.1, 0.15) is 25.3 Å². The van der Waals surface area contributed by atoms with Crippen molar-refractivity contribution in [3.63, 3.8) is 0 Å².